The first-order chi connectivity index (χ1) is 5.25. The number of aromatic carboxylic acids is 1. The Balaban J connectivity index is 0. The molecule has 0 aliphatic heterocycles. The molecule has 0 atom stereocenters. The molecular formula is C8H7ClNa2O2. The molecule has 0 heterocycles. The molecule has 0 fully saturated rings. The number of hydrogen-bond acceptors (Lipinski definition) is 1. The van der Waals surface area contributed by atoms with E-state index in [1.165, 1.54) is 0 Å². The molecule has 1 aromatic rings. The minimum absolute atomic E-state index is 0. The van der Waals surface area contributed by atoms with Gasteiger partial charge in [-0.2, -0.15) is 0 Å². The quantitative estimate of drug-likeness (QED) is 0.599. The number of carbonyl (C=O) groups is 1. The van der Waals surface area contributed by atoms with Crippen LogP contribution < -0.4 is 0 Å². The Morgan fingerprint density at radius 2 is 1.85 bits per heavy atom. The van der Waals surface area contributed by atoms with Crippen molar-refractivity contribution in [2.75, 3.05) is 0 Å². The van der Waals surface area contributed by atoms with Gasteiger partial charge in [-0.05, 0) is 11.6 Å². The molecule has 0 spiro atoms. The predicted molar refractivity (Wildman–Crippen MR) is 54.5 cm³/mol. The Morgan fingerprint density at radius 3 is 2.23 bits per heavy atom. The Bertz CT molecular complexity index is 279. The number of carboxylic acid groups (broad SMARTS) is 1. The van der Waals surface area contributed by atoms with Gasteiger partial charge >= 0.3 is 5.97 Å². The van der Waals surface area contributed by atoms with Crippen LogP contribution in [0.4, 0.5) is 0 Å². The van der Waals surface area contributed by atoms with Crippen LogP contribution in [0.2, 0.25) is 0 Å². The molecule has 13 heavy (non-hydrogen) atoms. The van der Waals surface area contributed by atoms with Gasteiger partial charge in [0.15, 0.2) is 0 Å². The molecule has 1 rings (SSSR count). The molecule has 0 aromatic heterocycles. The van der Waals surface area contributed by atoms with Gasteiger partial charge in [0.2, 0.25) is 0 Å². The molecule has 2 nitrogen and oxygen atoms in total. The second-order valence-electron chi connectivity index (χ2n) is 2.10. The zero-order valence-electron chi connectivity index (χ0n) is 7.75. The monoisotopic (exact) mass is 216 g/mol. The Morgan fingerprint density at radius 1 is 1.31 bits per heavy atom. The van der Waals surface area contributed by atoms with Gasteiger partial charge in [-0.15, -0.1) is 11.6 Å². The van der Waals surface area contributed by atoms with Crippen LogP contribution in [-0.4, -0.2) is 70.2 Å². The van der Waals surface area contributed by atoms with Gasteiger partial charge in [-0.3, -0.25) is 0 Å². The van der Waals surface area contributed by atoms with Gasteiger partial charge in [0.25, 0.3) is 0 Å². The van der Waals surface area contributed by atoms with Crippen LogP contribution >= 0.6 is 11.6 Å². The Labute approximate surface area is 126 Å². The number of hydrogen-bond donors (Lipinski definition) is 1. The van der Waals surface area contributed by atoms with Crippen molar-refractivity contribution >= 4 is 76.7 Å². The van der Waals surface area contributed by atoms with E-state index < -0.39 is 5.97 Å². The minimum atomic E-state index is -0.929. The van der Waals surface area contributed by atoms with Crippen molar-refractivity contribution in [2.45, 2.75) is 5.88 Å². The summed E-state index contributed by atoms with van der Waals surface area (Å²) in [5, 5.41) is 8.64. The minimum Gasteiger partial charge on any atom is -0.478 e. The fourth-order valence-electron chi connectivity index (χ4n) is 0.845. The van der Waals surface area contributed by atoms with Crippen LogP contribution in [-0.2, 0) is 5.88 Å². The summed E-state index contributed by atoms with van der Waals surface area (Å²) in [6.45, 7) is 0. The van der Waals surface area contributed by atoms with Crippen LogP contribution in [0, 0.1) is 0 Å². The number of rotatable bonds is 2. The number of carboxylic acids is 1. The summed E-state index contributed by atoms with van der Waals surface area (Å²) < 4.78 is 0. The van der Waals surface area contributed by atoms with Crippen molar-refractivity contribution in [3.05, 3.63) is 35.4 Å². The third-order valence-electron chi connectivity index (χ3n) is 1.39. The Kier molecular flexibility index (Phi) is 10.5. The van der Waals surface area contributed by atoms with Crippen LogP contribution in [0.1, 0.15) is 15.9 Å². The predicted octanol–water partition coefficient (Wildman–Crippen LogP) is 1.36. The fraction of sp³-hybridized carbons (Fsp3) is 0.125. The second kappa shape index (κ2) is 8.30. The molecular weight excluding hydrogens is 210 g/mol. The average molecular weight is 217 g/mol. The van der Waals surface area contributed by atoms with E-state index in [0.717, 1.165) is 0 Å². The van der Waals surface area contributed by atoms with E-state index >= 15 is 0 Å². The van der Waals surface area contributed by atoms with Gasteiger partial charge in [0, 0.05) is 65.0 Å². The maximum absolute atomic E-state index is 10.5. The van der Waals surface area contributed by atoms with Gasteiger partial charge < -0.3 is 5.11 Å². The van der Waals surface area contributed by atoms with E-state index in [1.54, 1.807) is 24.3 Å². The van der Waals surface area contributed by atoms with Gasteiger partial charge in [0.1, 0.15) is 0 Å². The molecule has 0 saturated heterocycles. The molecule has 60 valence electrons. The largest absolute Gasteiger partial charge is 0.478 e. The van der Waals surface area contributed by atoms with Crippen LogP contribution in [0.25, 0.3) is 0 Å². The standard InChI is InChI=1S/C8H7ClO2.2Na/c9-5-6-3-1-2-4-7(6)8(10)11;;/h1-4H,5H2,(H,10,11);;. The molecule has 2 radical (unpaired) electrons. The summed E-state index contributed by atoms with van der Waals surface area (Å²) in [6, 6.07) is 6.69. The molecule has 0 aliphatic carbocycles. The topological polar surface area (TPSA) is 37.3 Å². The normalized spacial score (nSPS) is 8.08. The third-order valence-corrected chi connectivity index (χ3v) is 1.68. The maximum Gasteiger partial charge on any atom is 0.336 e. The molecule has 0 bridgehead atoms. The van der Waals surface area contributed by atoms with Gasteiger partial charge in [-0.25, -0.2) is 4.79 Å². The Hall–Kier alpha value is 0.980. The third kappa shape index (κ3) is 4.84. The number of benzene rings is 1. The molecule has 0 aliphatic rings. The van der Waals surface area contributed by atoms with Crippen molar-refractivity contribution in [1.29, 1.82) is 0 Å². The smallest absolute Gasteiger partial charge is 0.336 e. The van der Waals surface area contributed by atoms with Gasteiger partial charge in [-0.1, -0.05) is 18.2 Å². The van der Waals surface area contributed by atoms with Gasteiger partial charge in [0.05, 0.1) is 5.56 Å². The summed E-state index contributed by atoms with van der Waals surface area (Å²) in [7, 11) is 0. The molecule has 1 aromatic carbocycles. The molecule has 1 N–H and O–H groups in total. The summed E-state index contributed by atoms with van der Waals surface area (Å²) in [5.41, 5.74) is 0.934. The van der Waals surface area contributed by atoms with Crippen LogP contribution in [0.5, 0.6) is 0 Å². The van der Waals surface area contributed by atoms with Crippen molar-refractivity contribution in [3.63, 3.8) is 0 Å². The zero-order valence-corrected chi connectivity index (χ0v) is 12.5. The summed E-state index contributed by atoms with van der Waals surface area (Å²) in [6.07, 6.45) is 0. The van der Waals surface area contributed by atoms with E-state index in [2.05, 4.69) is 0 Å². The zero-order chi connectivity index (χ0) is 8.27. The van der Waals surface area contributed by atoms with Crippen LogP contribution in [0.15, 0.2) is 24.3 Å². The van der Waals surface area contributed by atoms with E-state index in [1.807, 2.05) is 0 Å². The first-order valence-electron chi connectivity index (χ1n) is 3.13. The molecule has 5 heteroatoms. The van der Waals surface area contributed by atoms with Crippen LogP contribution in [0.3, 0.4) is 0 Å². The first-order valence-corrected chi connectivity index (χ1v) is 3.66. The van der Waals surface area contributed by atoms with E-state index in [0.29, 0.717) is 5.56 Å². The number of alkyl halides is 1. The first kappa shape index (κ1) is 16.4. The maximum atomic E-state index is 10.5. The number of halogens is 1. The van der Waals surface area contributed by atoms with Crippen molar-refractivity contribution in [3.8, 4) is 0 Å². The van der Waals surface area contributed by atoms with E-state index in [-0.39, 0.29) is 70.6 Å². The average Bonchev–Trinajstić information content (AvgIpc) is 2.04. The van der Waals surface area contributed by atoms with Crippen molar-refractivity contribution in [2.24, 2.45) is 0 Å². The van der Waals surface area contributed by atoms with E-state index in [9.17, 15) is 4.79 Å². The SMILES string of the molecule is O=C(O)c1ccccc1CCl.[Na].[Na]. The summed E-state index contributed by atoms with van der Waals surface area (Å²) in [5.74, 6) is -0.691. The summed E-state index contributed by atoms with van der Waals surface area (Å²) >= 11 is 5.51. The second-order valence-corrected chi connectivity index (χ2v) is 2.36. The molecule has 0 amide bonds. The molecule has 0 unspecified atom stereocenters. The van der Waals surface area contributed by atoms with Crippen molar-refractivity contribution in [1.82, 2.24) is 0 Å². The van der Waals surface area contributed by atoms with Crippen molar-refractivity contribution < 1.29 is 9.90 Å². The summed E-state index contributed by atoms with van der Waals surface area (Å²) in [4.78, 5) is 10.5. The molecule has 0 saturated carbocycles. The van der Waals surface area contributed by atoms with E-state index in [4.69, 9.17) is 16.7 Å². The fourth-order valence-corrected chi connectivity index (χ4v) is 1.08.